The molecule has 27 heavy (non-hydrogen) atoms. The molecule has 0 spiro atoms. The molecule has 2 atom stereocenters. The average molecular weight is 415 g/mol. The van der Waals surface area contributed by atoms with Crippen molar-refractivity contribution in [3.05, 3.63) is 0 Å². The first-order valence-corrected chi connectivity index (χ1v) is 15.1. The Morgan fingerprint density at radius 3 is 1.93 bits per heavy atom. The average Bonchev–Trinajstić information content (AvgIpc) is 2.64. The van der Waals surface area contributed by atoms with Crippen molar-refractivity contribution in [1.29, 1.82) is 0 Å². The summed E-state index contributed by atoms with van der Waals surface area (Å²) in [6, 6.07) is 0.194. The summed E-state index contributed by atoms with van der Waals surface area (Å²) in [6.45, 7) is 8.38. The predicted octanol–water partition coefficient (Wildman–Crippen LogP) is 5.37. The molecule has 2 unspecified atom stereocenters. The normalized spacial score (nSPS) is 24.3. The van der Waals surface area contributed by atoms with E-state index in [4.69, 9.17) is 0 Å². The van der Waals surface area contributed by atoms with Crippen LogP contribution in [0.4, 0.5) is 0 Å². The summed E-state index contributed by atoms with van der Waals surface area (Å²) in [6.07, 6.45) is 11.5. The molecule has 2 N–H and O–H groups in total. The van der Waals surface area contributed by atoms with Gasteiger partial charge in [-0.15, -0.1) is 0 Å². The Labute approximate surface area is 173 Å². The van der Waals surface area contributed by atoms with Gasteiger partial charge >= 0.3 is 174 Å². The van der Waals surface area contributed by atoms with E-state index in [-0.39, 0.29) is 27.1 Å². The van der Waals surface area contributed by atoms with E-state index in [2.05, 4.69) is 34.9 Å². The van der Waals surface area contributed by atoms with Gasteiger partial charge in [-0.3, -0.25) is 0 Å². The van der Waals surface area contributed by atoms with E-state index in [9.17, 15) is 9.59 Å². The van der Waals surface area contributed by atoms with Crippen molar-refractivity contribution in [1.82, 2.24) is 10.6 Å². The summed E-state index contributed by atoms with van der Waals surface area (Å²) in [7, 11) is 0. The SMILES string of the molecule is CCCCC1(CCCC)CC(NC(=O)CC)C[C](NC(=O)CC)([Ti]([CH3])[CH3])C1. The number of carbonyl (C=O) groups excluding carboxylic acids is 2. The van der Waals surface area contributed by atoms with Gasteiger partial charge in [-0.2, -0.15) is 0 Å². The van der Waals surface area contributed by atoms with E-state index in [1.165, 1.54) is 38.5 Å². The van der Waals surface area contributed by atoms with Crippen LogP contribution in [-0.2, 0) is 27.5 Å². The Morgan fingerprint density at radius 2 is 1.48 bits per heavy atom. The van der Waals surface area contributed by atoms with Crippen molar-refractivity contribution in [3.8, 4) is 0 Å². The molecule has 0 aliphatic heterocycles. The van der Waals surface area contributed by atoms with E-state index in [1.807, 2.05) is 13.8 Å². The monoisotopic (exact) mass is 415 g/mol. The van der Waals surface area contributed by atoms with Crippen LogP contribution in [0.2, 0.25) is 10.5 Å². The van der Waals surface area contributed by atoms with Crippen LogP contribution in [0.25, 0.3) is 0 Å². The van der Waals surface area contributed by atoms with Gasteiger partial charge in [0.2, 0.25) is 0 Å². The van der Waals surface area contributed by atoms with Gasteiger partial charge in [0.05, 0.1) is 0 Å². The second kappa shape index (κ2) is 11.6. The van der Waals surface area contributed by atoms with Gasteiger partial charge in [0.1, 0.15) is 0 Å². The van der Waals surface area contributed by atoms with Crippen LogP contribution in [0.1, 0.15) is 98.3 Å². The van der Waals surface area contributed by atoms with Crippen LogP contribution in [0, 0.1) is 5.41 Å². The fraction of sp³-hybridized carbons (Fsp3) is 0.909. The third-order valence-electron chi connectivity index (χ3n) is 6.42. The summed E-state index contributed by atoms with van der Waals surface area (Å²) in [5, 5.41) is 11.6. The van der Waals surface area contributed by atoms with Gasteiger partial charge in [0.25, 0.3) is 0 Å². The molecule has 157 valence electrons. The van der Waals surface area contributed by atoms with Crippen LogP contribution < -0.4 is 10.6 Å². The number of hydrogen-bond donors (Lipinski definition) is 2. The standard InChI is InChI=1S/C20H37N2O2.2CH3.Ti/c1-5-9-11-20(12-10-6-2)14-16(21-18(23)7-3)13-17(15-20)22-19(24)8-4;;;/h16H,5-15H2,1-4H3,(H,21,23)(H,22,24);2*1H3;. The molecule has 0 saturated heterocycles. The molecular formula is C22H43N2O2Ti. The zero-order chi connectivity index (χ0) is 20.5. The van der Waals surface area contributed by atoms with Crippen LogP contribution in [-0.4, -0.2) is 21.7 Å². The zero-order valence-electron chi connectivity index (χ0n) is 18.7. The van der Waals surface area contributed by atoms with Gasteiger partial charge < -0.3 is 0 Å². The fourth-order valence-electron chi connectivity index (χ4n) is 4.80. The minimum absolute atomic E-state index is 0.0570. The third-order valence-corrected chi connectivity index (χ3v) is 10.2. The van der Waals surface area contributed by atoms with E-state index >= 15 is 0 Å². The Bertz CT molecular complexity index is 473. The van der Waals surface area contributed by atoms with E-state index < -0.39 is 17.9 Å². The molecule has 1 rings (SSSR count). The molecule has 0 aromatic carbocycles. The van der Waals surface area contributed by atoms with E-state index in [1.54, 1.807) is 0 Å². The summed E-state index contributed by atoms with van der Waals surface area (Å²) in [5.74, 6) is 0.317. The summed E-state index contributed by atoms with van der Waals surface area (Å²) < 4.78 is -0.0570. The number of nitrogens with one attached hydrogen (secondary N) is 2. The summed E-state index contributed by atoms with van der Waals surface area (Å²) in [4.78, 5) is 24.6. The summed E-state index contributed by atoms with van der Waals surface area (Å²) in [5.41, 5.74) is 0.251. The van der Waals surface area contributed by atoms with Crippen molar-refractivity contribution >= 4 is 11.8 Å². The van der Waals surface area contributed by atoms with E-state index in [0.717, 1.165) is 19.3 Å². The number of carbonyl (C=O) groups is 2. The van der Waals surface area contributed by atoms with Crippen molar-refractivity contribution in [2.75, 3.05) is 0 Å². The zero-order valence-corrected chi connectivity index (χ0v) is 20.2. The first-order valence-electron chi connectivity index (χ1n) is 11.2. The Balaban J connectivity index is 3.25. The number of unbranched alkanes of at least 4 members (excludes halogenated alkanes) is 2. The molecule has 2 amide bonds. The van der Waals surface area contributed by atoms with Crippen LogP contribution in [0.5, 0.6) is 0 Å². The molecule has 5 heteroatoms. The van der Waals surface area contributed by atoms with Gasteiger partial charge in [0.15, 0.2) is 0 Å². The molecule has 1 saturated carbocycles. The van der Waals surface area contributed by atoms with Crippen LogP contribution in [0.15, 0.2) is 0 Å². The van der Waals surface area contributed by atoms with Crippen molar-refractivity contribution in [2.45, 2.75) is 119 Å². The van der Waals surface area contributed by atoms with Crippen LogP contribution in [0.3, 0.4) is 0 Å². The Kier molecular flexibility index (Phi) is 10.6. The second-order valence-corrected chi connectivity index (χ2v) is 13.5. The molecule has 0 aromatic heterocycles. The maximum atomic E-state index is 12.4. The van der Waals surface area contributed by atoms with E-state index in [0.29, 0.717) is 12.8 Å². The second-order valence-electron chi connectivity index (χ2n) is 8.89. The first kappa shape index (κ1) is 24.7. The number of amides is 2. The molecule has 1 aliphatic carbocycles. The molecule has 1 aliphatic rings. The van der Waals surface area contributed by atoms with Gasteiger partial charge in [-0.1, -0.05) is 0 Å². The van der Waals surface area contributed by atoms with Crippen LogP contribution >= 0.6 is 0 Å². The number of hydrogen-bond acceptors (Lipinski definition) is 2. The fourth-order valence-corrected chi connectivity index (χ4v) is 7.57. The molecule has 0 heterocycles. The maximum absolute atomic E-state index is 12.4. The minimum atomic E-state index is -1.49. The van der Waals surface area contributed by atoms with Gasteiger partial charge in [-0.25, -0.2) is 0 Å². The Morgan fingerprint density at radius 1 is 0.926 bits per heavy atom. The molecule has 0 radical (unpaired) electrons. The van der Waals surface area contributed by atoms with Crippen molar-refractivity contribution < 1.29 is 27.5 Å². The first-order chi connectivity index (χ1) is 12.8. The van der Waals surface area contributed by atoms with Gasteiger partial charge in [-0.05, 0) is 0 Å². The third kappa shape index (κ3) is 7.20. The Hall–Kier alpha value is -0.346. The summed E-state index contributed by atoms with van der Waals surface area (Å²) >= 11 is -1.49. The quantitative estimate of drug-likeness (QED) is 0.446. The van der Waals surface area contributed by atoms with Crippen molar-refractivity contribution in [2.24, 2.45) is 5.41 Å². The topological polar surface area (TPSA) is 58.2 Å². The molecule has 1 fully saturated rings. The number of rotatable bonds is 11. The molecular weight excluding hydrogens is 372 g/mol. The molecule has 4 nitrogen and oxygen atoms in total. The molecule has 0 bridgehead atoms. The predicted molar refractivity (Wildman–Crippen MR) is 110 cm³/mol. The van der Waals surface area contributed by atoms with Crippen molar-refractivity contribution in [3.63, 3.8) is 0 Å². The molecule has 0 aromatic rings. The van der Waals surface area contributed by atoms with Gasteiger partial charge in [0, 0.05) is 0 Å².